The maximum absolute atomic E-state index is 11.3. The summed E-state index contributed by atoms with van der Waals surface area (Å²) in [7, 11) is 3.10. The maximum atomic E-state index is 11.3. The number of ether oxygens (including phenoxy) is 2. The first-order valence-electron chi connectivity index (χ1n) is 5.21. The lowest BCUT2D eigenvalue weighted by Gasteiger charge is -2.11. The molecule has 0 fully saturated rings. The fourth-order valence-corrected chi connectivity index (χ4v) is 2.48. The van der Waals surface area contributed by atoms with Crippen LogP contribution in [0.15, 0.2) is 12.1 Å². The third-order valence-electron chi connectivity index (χ3n) is 2.49. The monoisotopic (exact) mass is 374 g/mol. The fourth-order valence-electron chi connectivity index (χ4n) is 1.66. The maximum Gasteiger partial charge on any atom is 0.271 e. The summed E-state index contributed by atoms with van der Waals surface area (Å²) < 4.78 is 11.3. The Balaban J connectivity index is 2.60. The lowest BCUT2D eigenvalue weighted by atomic mass is 10.1. The summed E-state index contributed by atoms with van der Waals surface area (Å²) in [5.74, 6) is 0.521. The van der Waals surface area contributed by atoms with E-state index >= 15 is 0 Å². The number of hydrogen-bond donors (Lipinski definition) is 2. The van der Waals surface area contributed by atoms with E-state index in [1.807, 2.05) is 6.07 Å². The number of carbonyl (C=O) groups excluding carboxylic acids is 1. The van der Waals surface area contributed by atoms with Gasteiger partial charge in [0.2, 0.25) is 0 Å². The summed E-state index contributed by atoms with van der Waals surface area (Å²) in [6.45, 7) is 0. The molecule has 1 heterocycles. The van der Waals surface area contributed by atoms with Crippen molar-refractivity contribution in [3.05, 3.63) is 21.4 Å². The van der Waals surface area contributed by atoms with E-state index < -0.39 is 5.91 Å². The predicted molar refractivity (Wildman–Crippen MR) is 76.2 cm³/mol. The smallest absolute Gasteiger partial charge is 0.271 e. The van der Waals surface area contributed by atoms with Crippen molar-refractivity contribution in [1.82, 2.24) is 15.4 Å². The molecule has 0 unspecified atom stereocenters. The third kappa shape index (κ3) is 2.48. The van der Waals surface area contributed by atoms with E-state index in [9.17, 15) is 4.79 Å². The molecule has 0 aliphatic heterocycles. The van der Waals surface area contributed by atoms with Crippen molar-refractivity contribution in [2.45, 2.75) is 0 Å². The number of aromatic nitrogens is 3. The Morgan fingerprint density at radius 2 is 2.05 bits per heavy atom. The number of carbonyl (C=O) groups is 1. The van der Waals surface area contributed by atoms with Gasteiger partial charge >= 0.3 is 0 Å². The lowest BCUT2D eigenvalue weighted by Crippen LogP contribution is -2.12. The highest BCUT2D eigenvalue weighted by atomic mass is 127. The van der Waals surface area contributed by atoms with Crippen LogP contribution in [-0.2, 0) is 0 Å². The van der Waals surface area contributed by atoms with E-state index in [0.717, 1.165) is 3.57 Å². The van der Waals surface area contributed by atoms with Crippen LogP contribution in [0, 0.1) is 3.57 Å². The fraction of sp³-hybridized carbons (Fsp3) is 0.182. The van der Waals surface area contributed by atoms with Crippen LogP contribution in [0.1, 0.15) is 10.5 Å². The van der Waals surface area contributed by atoms with Crippen molar-refractivity contribution in [1.29, 1.82) is 0 Å². The second kappa shape index (κ2) is 5.43. The Labute approximate surface area is 122 Å². The van der Waals surface area contributed by atoms with Gasteiger partial charge < -0.3 is 15.2 Å². The molecule has 3 N–H and O–H groups in total. The molecule has 1 aromatic heterocycles. The molecule has 0 bridgehead atoms. The molecule has 1 aromatic carbocycles. The molecule has 0 spiro atoms. The van der Waals surface area contributed by atoms with E-state index in [2.05, 4.69) is 38.0 Å². The average molecular weight is 374 g/mol. The second-order valence-electron chi connectivity index (χ2n) is 3.58. The van der Waals surface area contributed by atoms with Crippen LogP contribution in [-0.4, -0.2) is 35.5 Å². The van der Waals surface area contributed by atoms with Gasteiger partial charge in [-0.05, 0) is 34.7 Å². The normalized spacial score (nSPS) is 10.3. The quantitative estimate of drug-likeness (QED) is 0.783. The summed E-state index contributed by atoms with van der Waals surface area (Å²) >= 11 is 2.11. The minimum Gasteiger partial charge on any atom is -0.493 e. The van der Waals surface area contributed by atoms with Crippen LogP contribution in [0.4, 0.5) is 0 Å². The summed E-state index contributed by atoms with van der Waals surface area (Å²) in [5.41, 5.74) is 6.38. The number of methoxy groups -OCH3 is 2. The average Bonchev–Trinajstić information content (AvgIpc) is 2.87. The van der Waals surface area contributed by atoms with E-state index in [0.29, 0.717) is 22.8 Å². The summed E-state index contributed by atoms with van der Waals surface area (Å²) in [5, 5.41) is 10.1. The van der Waals surface area contributed by atoms with Gasteiger partial charge in [-0.1, -0.05) is 0 Å². The Kier molecular flexibility index (Phi) is 3.88. The summed E-state index contributed by atoms with van der Waals surface area (Å²) in [6.07, 6.45) is 0. The number of amides is 1. The highest BCUT2D eigenvalue weighted by molar-refractivity contribution is 14.1. The van der Waals surface area contributed by atoms with Crippen molar-refractivity contribution >= 4 is 28.5 Å². The van der Waals surface area contributed by atoms with Gasteiger partial charge in [0.25, 0.3) is 5.91 Å². The van der Waals surface area contributed by atoms with E-state index in [1.54, 1.807) is 13.2 Å². The van der Waals surface area contributed by atoms with Crippen LogP contribution in [0.5, 0.6) is 11.5 Å². The molecule has 100 valence electrons. The lowest BCUT2D eigenvalue weighted by molar-refractivity contribution is 0.0996. The highest BCUT2D eigenvalue weighted by Gasteiger charge is 2.18. The minimum atomic E-state index is -0.645. The highest BCUT2D eigenvalue weighted by Crippen LogP contribution is 2.36. The van der Waals surface area contributed by atoms with Gasteiger partial charge in [0, 0.05) is 5.56 Å². The Bertz CT molecular complexity index is 626. The summed E-state index contributed by atoms with van der Waals surface area (Å²) in [4.78, 5) is 11.3. The first-order chi connectivity index (χ1) is 9.08. The van der Waals surface area contributed by atoms with Gasteiger partial charge in [-0.15, -0.1) is 0 Å². The van der Waals surface area contributed by atoms with Gasteiger partial charge in [0.15, 0.2) is 17.2 Å². The van der Waals surface area contributed by atoms with Gasteiger partial charge in [-0.25, -0.2) is 0 Å². The van der Waals surface area contributed by atoms with Crippen LogP contribution in [0.25, 0.3) is 11.3 Å². The largest absolute Gasteiger partial charge is 0.493 e. The SMILES string of the molecule is COc1cc(-c2n[nH]nc2C(N)=O)cc(I)c1OC. The van der Waals surface area contributed by atoms with Crippen molar-refractivity contribution in [3.63, 3.8) is 0 Å². The number of H-pyrrole nitrogens is 1. The topological polar surface area (TPSA) is 103 Å². The van der Waals surface area contributed by atoms with Gasteiger partial charge in [0.05, 0.1) is 17.8 Å². The first-order valence-corrected chi connectivity index (χ1v) is 6.28. The number of primary amides is 1. The molecule has 0 saturated heterocycles. The Morgan fingerprint density at radius 3 is 2.63 bits per heavy atom. The van der Waals surface area contributed by atoms with Gasteiger partial charge in [0.1, 0.15) is 5.69 Å². The molecule has 8 heteroatoms. The molecule has 1 amide bonds. The zero-order valence-electron chi connectivity index (χ0n) is 10.2. The van der Waals surface area contributed by atoms with E-state index in [4.69, 9.17) is 15.2 Å². The van der Waals surface area contributed by atoms with Crippen LogP contribution >= 0.6 is 22.6 Å². The standard InChI is InChI=1S/C11H11IN4O3/c1-18-7-4-5(3-6(12)10(7)19-2)8-9(11(13)17)15-16-14-8/h3-4H,1-2H3,(H2,13,17)(H,14,15,16). The third-order valence-corrected chi connectivity index (χ3v) is 3.29. The number of nitrogens with one attached hydrogen (secondary N) is 1. The number of aromatic amines is 1. The number of nitrogens with zero attached hydrogens (tertiary/aromatic N) is 2. The van der Waals surface area contributed by atoms with Crippen molar-refractivity contribution in [3.8, 4) is 22.8 Å². The molecule has 7 nitrogen and oxygen atoms in total. The Morgan fingerprint density at radius 1 is 1.32 bits per heavy atom. The summed E-state index contributed by atoms with van der Waals surface area (Å²) in [6, 6.07) is 3.53. The van der Waals surface area contributed by atoms with Crippen molar-refractivity contribution < 1.29 is 14.3 Å². The first kappa shape index (κ1) is 13.6. The minimum absolute atomic E-state index is 0.0861. The number of rotatable bonds is 4. The molecule has 0 saturated carbocycles. The number of halogens is 1. The number of hydrogen-bond acceptors (Lipinski definition) is 5. The number of nitrogens with two attached hydrogens (primary N) is 1. The molecular weight excluding hydrogens is 363 g/mol. The van der Waals surface area contributed by atoms with Gasteiger partial charge in [-0.3, -0.25) is 4.79 Å². The zero-order valence-corrected chi connectivity index (χ0v) is 12.4. The van der Waals surface area contributed by atoms with Crippen molar-refractivity contribution in [2.75, 3.05) is 14.2 Å². The second-order valence-corrected chi connectivity index (χ2v) is 4.74. The molecule has 2 rings (SSSR count). The van der Waals surface area contributed by atoms with Crippen LogP contribution in [0.3, 0.4) is 0 Å². The van der Waals surface area contributed by atoms with E-state index in [1.165, 1.54) is 7.11 Å². The predicted octanol–water partition coefficient (Wildman–Crippen LogP) is 1.19. The molecule has 19 heavy (non-hydrogen) atoms. The van der Waals surface area contributed by atoms with Gasteiger partial charge in [-0.2, -0.15) is 15.4 Å². The Hall–Kier alpha value is -1.84. The van der Waals surface area contributed by atoms with E-state index in [-0.39, 0.29) is 5.69 Å². The molecule has 2 aromatic rings. The number of benzene rings is 1. The molecule has 0 aliphatic carbocycles. The molecule has 0 radical (unpaired) electrons. The van der Waals surface area contributed by atoms with Crippen LogP contribution < -0.4 is 15.2 Å². The van der Waals surface area contributed by atoms with Crippen LogP contribution in [0.2, 0.25) is 0 Å². The van der Waals surface area contributed by atoms with Crippen molar-refractivity contribution in [2.24, 2.45) is 5.73 Å². The zero-order chi connectivity index (χ0) is 14.0. The molecule has 0 aliphatic rings. The molecule has 0 atom stereocenters. The molecular formula is C11H11IN4O3.